The topological polar surface area (TPSA) is 17.1 Å². The molecule has 0 spiro atoms. The van der Waals surface area contributed by atoms with E-state index < -0.39 is 0 Å². The van der Waals surface area contributed by atoms with Gasteiger partial charge in [-0.3, -0.25) is 4.79 Å². The Kier molecular flexibility index (Phi) is 6.87. The van der Waals surface area contributed by atoms with Crippen molar-refractivity contribution >= 4 is 5.78 Å². The Hall–Kier alpha value is -0.330. The van der Waals surface area contributed by atoms with Crippen LogP contribution < -0.4 is 0 Å². The number of rotatable bonds is 8. The third-order valence-electron chi connectivity index (χ3n) is 3.76. The Morgan fingerprint density at radius 2 is 1.60 bits per heavy atom. The van der Waals surface area contributed by atoms with Gasteiger partial charge in [-0.1, -0.05) is 40.5 Å². The fraction of sp³-hybridized carbons (Fsp3) is 0.857. The quantitative estimate of drug-likeness (QED) is 0.575. The first-order valence-electron chi connectivity index (χ1n) is 6.45. The second-order valence-corrected chi connectivity index (χ2v) is 4.41. The largest absolute Gasteiger partial charge is 0.299 e. The molecule has 0 aliphatic rings. The van der Waals surface area contributed by atoms with E-state index in [2.05, 4.69) is 27.7 Å². The van der Waals surface area contributed by atoms with E-state index in [1.54, 1.807) is 6.92 Å². The van der Waals surface area contributed by atoms with Crippen LogP contribution in [-0.2, 0) is 4.79 Å². The Morgan fingerprint density at radius 1 is 1.07 bits per heavy atom. The predicted octanol–water partition coefficient (Wildman–Crippen LogP) is 4.56. The zero-order chi connectivity index (χ0) is 11.9. The molecule has 0 saturated carbocycles. The highest BCUT2D eigenvalue weighted by atomic mass is 16.1. The molecule has 0 aromatic carbocycles. The highest BCUT2D eigenvalue weighted by Gasteiger charge is 2.39. The summed E-state index contributed by atoms with van der Waals surface area (Å²) in [6.07, 6.45) is 6.46. The van der Waals surface area contributed by atoms with E-state index in [1.165, 1.54) is 12.3 Å². The lowest BCUT2D eigenvalue weighted by molar-refractivity contribution is -0.126. The molecule has 1 unspecified atom stereocenters. The molecule has 1 nitrogen and oxygen atoms in total. The molecule has 0 aliphatic carbocycles. The van der Waals surface area contributed by atoms with Crippen LogP contribution in [0.5, 0.6) is 0 Å². The van der Waals surface area contributed by atoms with Gasteiger partial charge in [0.05, 0.1) is 0 Å². The van der Waals surface area contributed by atoms with Crippen molar-refractivity contribution in [2.45, 2.75) is 73.1 Å². The van der Waals surface area contributed by atoms with E-state index in [9.17, 15) is 4.79 Å². The molecule has 0 rings (SSSR count). The van der Waals surface area contributed by atoms with Crippen molar-refractivity contribution in [1.29, 1.82) is 0 Å². The van der Waals surface area contributed by atoms with Gasteiger partial charge in [-0.15, -0.1) is 0 Å². The molecule has 1 heteroatoms. The summed E-state index contributed by atoms with van der Waals surface area (Å²) in [4.78, 5) is 11.9. The maximum atomic E-state index is 11.9. The van der Waals surface area contributed by atoms with Gasteiger partial charge in [0.15, 0.2) is 0 Å². The fourth-order valence-corrected chi connectivity index (χ4v) is 2.68. The average Bonchev–Trinajstić information content (AvgIpc) is 2.24. The van der Waals surface area contributed by atoms with E-state index >= 15 is 0 Å². The Morgan fingerprint density at radius 3 is 1.87 bits per heavy atom. The first-order valence-corrected chi connectivity index (χ1v) is 6.45. The zero-order valence-electron chi connectivity index (χ0n) is 11.2. The van der Waals surface area contributed by atoms with Gasteiger partial charge in [-0.05, 0) is 38.5 Å². The van der Waals surface area contributed by atoms with Crippen molar-refractivity contribution in [2.24, 2.45) is 5.41 Å². The van der Waals surface area contributed by atoms with Crippen molar-refractivity contribution in [3.63, 3.8) is 0 Å². The van der Waals surface area contributed by atoms with Crippen molar-refractivity contribution in [3.8, 4) is 0 Å². The van der Waals surface area contributed by atoms with Crippen molar-refractivity contribution < 1.29 is 4.79 Å². The minimum atomic E-state index is -0.112. The van der Waals surface area contributed by atoms with Crippen LogP contribution in [0.3, 0.4) is 0 Å². The summed E-state index contributed by atoms with van der Waals surface area (Å²) in [6, 6.07) is 0. The summed E-state index contributed by atoms with van der Waals surface area (Å²) in [6.45, 7) is 10.5. The van der Waals surface area contributed by atoms with Crippen LogP contribution in [0.2, 0.25) is 0 Å². The standard InChI is InChI=1S/C14H27O/c1-6-10-11-14(9-4,12(5)15)13(7-2)8-3/h6-11H2,1-5H3. The molecule has 0 fully saturated rings. The van der Waals surface area contributed by atoms with Gasteiger partial charge in [0.25, 0.3) is 0 Å². The van der Waals surface area contributed by atoms with Gasteiger partial charge in [0.2, 0.25) is 0 Å². The summed E-state index contributed by atoms with van der Waals surface area (Å²) in [5.74, 6) is 1.82. The molecule has 0 bridgehead atoms. The Labute approximate surface area is 95.6 Å². The predicted molar refractivity (Wildman–Crippen MR) is 66.8 cm³/mol. The van der Waals surface area contributed by atoms with Gasteiger partial charge >= 0.3 is 0 Å². The van der Waals surface area contributed by atoms with Crippen LogP contribution in [-0.4, -0.2) is 5.78 Å². The molecule has 0 N–H and O–H groups in total. The second-order valence-electron chi connectivity index (χ2n) is 4.41. The first kappa shape index (κ1) is 14.7. The van der Waals surface area contributed by atoms with Gasteiger partial charge < -0.3 is 0 Å². The molecule has 89 valence electrons. The minimum absolute atomic E-state index is 0.112. The molecule has 0 heterocycles. The molecule has 0 amide bonds. The minimum Gasteiger partial charge on any atom is -0.299 e. The fourth-order valence-electron chi connectivity index (χ4n) is 2.68. The van der Waals surface area contributed by atoms with Crippen LogP contribution in [0.1, 0.15) is 73.1 Å². The Bertz CT molecular complexity index is 182. The number of ketones is 1. The number of Topliss-reactive ketones (excluding diaryl/α,β-unsaturated/α-hetero) is 1. The average molecular weight is 211 g/mol. The van der Waals surface area contributed by atoms with Crippen LogP contribution in [0.4, 0.5) is 0 Å². The molecule has 0 aromatic heterocycles. The number of carbonyl (C=O) groups is 1. The number of hydrogen-bond acceptors (Lipinski definition) is 1. The molecular weight excluding hydrogens is 184 g/mol. The normalized spacial score (nSPS) is 15.3. The van der Waals surface area contributed by atoms with Gasteiger partial charge in [-0.2, -0.15) is 0 Å². The monoisotopic (exact) mass is 211 g/mol. The van der Waals surface area contributed by atoms with Gasteiger partial charge in [-0.25, -0.2) is 0 Å². The van der Waals surface area contributed by atoms with Gasteiger partial charge in [0.1, 0.15) is 5.78 Å². The SMILES string of the molecule is CCCCC(CC)([C](CC)CC)C(C)=O. The van der Waals surface area contributed by atoms with E-state index in [4.69, 9.17) is 0 Å². The van der Waals surface area contributed by atoms with E-state index in [-0.39, 0.29) is 5.41 Å². The molecule has 0 saturated heterocycles. The lowest BCUT2D eigenvalue weighted by Crippen LogP contribution is -2.35. The third-order valence-corrected chi connectivity index (χ3v) is 3.76. The summed E-state index contributed by atoms with van der Waals surface area (Å²) in [5.41, 5.74) is -0.112. The molecule has 0 aliphatic heterocycles. The second kappa shape index (κ2) is 7.03. The molecule has 15 heavy (non-hydrogen) atoms. The van der Waals surface area contributed by atoms with E-state index in [0.29, 0.717) is 5.78 Å². The lowest BCUT2D eigenvalue weighted by Gasteiger charge is -2.37. The van der Waals surface area contributed by atoms with Gasteiger partial charge in [0, 0.05) is 5.41 Å². The summed E-state index contributed by atoms with van der Waals surface area (Å²) in [7, 11) is 0. The molecule has 1 atom stereocenters. The van der Waals surface area contributed by atoms with Crippen molar-refractivity contribution in [1.82, 2.24) is 0 Å². The smallest absolute Gasteiger partial charge is 0.136 e. The highest BCUT2D eigenvalue weighted by Crippen LogP contribution is 2.43. The first-order chi connectivity index (χ1) is 7.08. The Balaban J connectivity index is 4.85. The number of unbranched alkanes of at least 4 members (excludes halogenated alkanes) is 1. The molecule has 1 radical (unpaired) electrons. The van der Waals surface area contributed by atoms with Crippen LogP contribution in [0.15, 0.2) is 0 Å². The maximum Gasteiger partial charge on any atom is 0.136 e. The zero-order valence-corrected chi connectivity index (χ0v) is 11.2. The number of hydrogen-bond donors (Lipinski definition) is 0. The summed E-state index contributed by atoms with van der Waals surface area (Å²) >= 11 is 0. The highest BCUT2D eigenvalue weighted by molar-refractivity contribution is 5.84. The summed E-state index contributed by atoms with van der Waals surface area (Å²) < 4.78 is 0. The number of carbonyl (C=O) groups excluding carboxylic acids is 1. The lowest BCUT2D eigenvalue weighted by atomic mass is 9.65. The van der Waals surface area contributed by atoms with E-state index in [1.807, 2.05) is 0 Å². The molecule has 0 aromatic rings. The molecular formula is C14H27O. The third kappa shape index (κ3) is 3.32. The van der Waals surface area contributed by atoms with Crippen LogP contribution in [0.25, 0.3) is 0 Å². The van der Waals surface area contributed by atoms with Crippen LogP contribution in [0, 0.1) is 11.3 Å². The maximum absolute atomic E-state index is 11.9. The summed E-state index contributed by atoms with van der Waals surface area (Å²) in [5, 5.41) is 0. The van der Waals surface area contributed by atoms with Crippen molar-refractivity contribution in [3.05, 3.63) is 5.92 Å². The van der Waals surface area contributed by atoms with Crippen LogP contribution >= 0.6 is 0 Å². The van der Waals surface area contributed by atoms with E-state index in [0.717, 1.165) is 32.1 Å². The van der Waals surface area contributed by atoms with Crippen molar-refractivity contribution in [2.75, 3.05) is 0 Å².